The summed E-state index contributed by atoms with van der Waals surface area (Å²) in [6.07, 6.45) is 0. The zero-order chi connectivity index (χ0) is 13.4. The molecule has 3 aromatic rings. The maximum Gasteiger partial charge on any atom is 0.227 e. The van der Waals surface area contributed by atoms with Gasteiger partial charge in [0.05, 0.1) is 0 Å². The summed E-state index contributed by atoms with van der Waals surface area (Å²) in [6, 6.07) is 13.6. The standard InChI is InChI=1S/C16H14ClNO/c1-10(2)13-4-3-5-14-15(13)19-16(18-14)11-6-8-12(17)9-7-11/h3-10H,1-2H3. The predicted molar refractivity (Wildman–Crippen MR) is 78.5 cm³/mol. The van der Waals surface area contributed by atoms with E-state index >= 15 is 0 Å². The van der Waals surface area contributed by atoms with Gasteiger partial charge in [0, 0.05) is 10.6 Å². The molecule has 0 bridgehead atoms. The van der Waals surface area contributed by atoms with E-state index in [9.17, 15) is 0 Å². The van der Waals surface area contributed by atoms with E-state index in [-0.39, 0.29) is 0 Å². The van der Waals surface area contributed by atoms with Gasteiger partial charge in [-0.2, -0.15) is 0 Å². The van der Waals surface area contributed by atoms with Crippen molar-refractivity contribution in [3.05, 3.63) is 53.1 Å². The third kappa shape index (κ3) is 2.24. The Hall–Kier alpha value is -1.80. The smallest absolute Gasteiger partial charge is 0.227 e. The predicted octanol–water partition coefficient (Wildman–Crippen LogP) is 5.27. The highest BCUT2D eigenvalue weighted by Gasteiger charge is 2.13. The fourth-order valence-electron chi connectivity index (χ4n) is 2.14. The van der Waals surface area contributed by atoms with Gasteiger partial charge in [-0.05, 0) is 41.8 Å². The lowest BCUT2D eigenvalue weighted by Gasteiger charge is -2.03. The van der Waals surface area contributed by atoms with Gasteiger partial charge in [0.2, 0.25) is 5.89 Å². The van der Waals surface area contributed by atoms with Crippen molar-refractivity contribution < 1.29 is 4.42 Å². The van der Waals surface area contributed by atoms with Gasteiger partial charge in [-0.15, -0.1) is 0 Å². The SMILES string of the molecule is CC(C)c1cccc2nc(-c3ccc(Cl)cc3)oc12. The molecule has 1 heterocycles. The summed E-state index contributed by atoms with van der Waals surface area (Å²) in [7, 11) is 0. The summed E-state index contributed by atoms with van der Waals surface area (Å²) in [4.78, 5) is 4.55. The zero-order valence-electron chi connectivity index (χ0n) is 10.9. The van der Waals surface area contributed by atoms with E-state index in [1.54, 1.807) is 0 Å². The van der Waals surface area contributed by atoms with Gasteiger partial charge in [-0.25, -0.2) is 4.98 Å². The largest absolute Gasteiger partial charge is 0.436 e. The zero-order valence-corrected chi connectivity index (χ0v) is 11.6. The van der Waals surface area contributed by atoms with Gasteiger partial charge >= 0.3 is 0 Å². The van der Waals surface area contributed by atoms with Crippen LogP contribution >= 0.6 is 11.6 Å². The Morgan fingerprint density at radius 3 is 2.47 bits per heavy atom. The highest BCUT2D eigenvalue weighted by atomic mass is 35.5. The number of nitrogens with zero attached hydrogens (tertiary/aromatic N) is 1. The number of halogens is 1. The van der Waals surface area contributed by atoms with Crippen molar-refractivity contribution >= 4 is 22.7 Å². The summed E-state index contributed by atoms with van der Waals surface area (Å²) in [5.74, 6) is 1.05. The van der Waals surface area contributed by atoms with Crippen molar-refractivity contribution in [3.8, 4) is 11.5 Å². The van der Waals surface area contributed by atoms with Crippen LogP contribution in [-0.4, -0.2) is 4.98 Å². The summed E-state index contributed by atoms with van der Waals surface area (Å²) in [5, 5.41) is 0.711. The molecule has 0 unspecified atom stereocenters. The maximum atomic E-state index is 5.93. The molecule has 0 radical (unpaired) electrons. The first-order valence-electron chi connectivity index (χ1n) is 6.30. The van der Waals surface area contributed by atoms with Gasteiger partial charge in [-0.3, -0.25) is 0 Å². The van der Waals surface area contributed by atoms with Crippen LogP contribution < -0.4 is 0 Å². The first-order valence-corrected chi connectivity index (χ1v) is 6.68. The number of para-hydroxylation sites is 1. The second kappa shape index (κ2) is 4.71. The van der Waals surface area contributed by atoms with Gasteiger partial charge in [0.15, 0.2) is 5.58 Å². The molecule has 0 saturated carbocycles. The number of aromatic nitrogens is 1. The minimum atomic E-state index is 0.412. The van der Waals surface area contributed by atoms with Crippen molar-refractivity contribution in [2.24, 2.45) is 0 Å². The number of rotatable bonds is 2. The minimum absolute atomic E-state index is 0.412. The van der Waals surface area contributed by atoms with Crippen molar-refractivity contribution in [2.75, 3.05) is 0 Å². The fraction of sp³-hybridized carbons (Fsp3) is 0.188. The van der Waals surface area contributed by atoms with E-state index in [0.717, 1.165) is 16.7 Å². The van der Waals surface area contributed by atoms with Crippen molar-refractivity contribution in [1.29, 1.82) is 0 Å². The molecular weight excluding hydrogens is 258 g/mol. The second-order valence-corrected chi connectivity index (χ2v) is 5.31. The van der Waals surface area contributed by atoms with E-state index in [1.807, 2.05) is 36.4 Å². The molecule has 0 spiro atoms. The van der Waals surface area contributed by atoms with Crippen molar-refractivity contribution in [2.45, 2.75) is 19.8 Å². The molecule has 0 saturated heterocycles. The van der Waals surface area contributed by atoms with Crippen LogP contribution in [-0.2, 0) is 0 Å². The van der Waals surface area contributed by atoms with Crippen LogP contribution in [0.15, 0.2) is 46.9 Å². The second-order valence-electron chi connectivity index (χ2n) is 4.88. The van der Waals surface area contributed by atoms with E-state index in [0.29, 0.717) is 16.8 Å². The van der Waals surface area contributed by atoms with Crippen molar-refractivity contribution in [1.82, 2.24) is 4.98 Å². The normalized spacial score (nSPS) is 11.4. The summed E-state index contributed by atoms with van der Waals surface area (Å²) in [6.45, 7) is 4.30. The molecular formula is C16H14ClNO. The van der Waals surface area contributed by atoms with E-state index in [2.05, 4.69) is 24.9 Å². The Labute approximate surface area is 117 Å². The van der Waals surface area contributed by atoms with E-state index in [1.165, 1.54) is 5.56 Å². The van der Waals surface area contributed by atoms with Crippen LogP contribution in [0.1, 0.15) is 25.3 Å². The Kier molecular flexibility index (Phi) is 3.03. The van der Waals surface area contributed by atoms with Gasteiger partial charge < -0.3 is 4.42 Å². The highest BCUT2D eigenvalue weighted by Crippen LogP contribution is 2.30. The molecule has 0 aliphatic carbocycles. The molecule has 0 fully saturated rings. The quantitative estimate of drug-likeness (QED) is 0.634. The van der Waals surface area contributed by atoms with E-state index in [4.69, 9.17) is 16.0 Å². The molecule has 2 nitrogen and oxygen atoms in total. The lowest BCUT2D eigenvalue weighted by Crippen LogP contribution is -1.86. The summed E-state index contributed by atoms with van der Waals surface area (Å²) >= 11 is 5.89. The lowest BCUT2D eigenvalue weighted by atomic mass is 10.0. The highest BCUT2D eigenvalue weighted by molar-refractivity contribution is 6.30. The molecule has 3 heteroatoms. The molecule has 0 atom stereocenters. The van der Waals surface area contributed by atoms with Gasteiger partial charge in [0.25, 0.3) is 0 Å². The molecule has 2 aromatic carbocycles. The monoisotopic (exact) mass is 271 g/mol. The molecule has 19 heavy (non-hydrogen) atoms. The Morgan fingerprint density at radius 1 is 1.05 bits per heavy atom. The van der Waals surface area contributed by atoms with Crippen LogP contribution in [0.4, 0.5) is 0 Å². The first-order chi connectivity index (χ1) is 9.15. The Morgan fingerprint density at radius 2 is 1.79 bits per heavy atom. The van der Waals surface area contributed by atoms with Crippen LogP contribution in [0.2, 0.25) is 5.02 Å². The fourth-order valence-corrected chi connectivity index (χ4v) is 2.27. The minimum Gasteiger partial charge on any atom is -0.436 e. The lowest BCUT2D eigenvalue weighted by molar-refractivity contribution is 0.611. The van der Waals surface area contributed by atoms with Gasteiger partial charge in [0.1, 0.15) is 5.52 Å². The molecule has 0 aliphatic heterocycles. The van der Waals surface area contributed by atoms with Crippen LogP contribution in [0, 0.1) is 0 Å². The molecule has 3 rings (SSSR count). The third-order valence-electron chi connectivity index (χ3n) is 3.16. The van der Waals surface area contributed by atoms with Crippen LogP contribution in [0.25, 0.3) is 22.6 Å². The molecule has 0 N–H and O–H groups in total. The molecule has 0 aliphatic rings. The number of oxazole rings is 1. The summed E-state index contributed by atoms with van der Waals surface area (Å²) in [5.41, 5.74) is 3.90. The Balaban J connectivity index is 2.16. The topological polar surface area (TPSA) is 26.0 Å². The number of benzene rings is 2. The van der Waals surface area contributed by atoms with E-state index < -0.39 is 0 Å². The summed E-state index contributed by atoms with van der Waals surface area (Å²) < 4.78 is 5.93. The van der Waals surface area contributed by atoms with Gasteiger partial charge in [-0.1, -0.05) is 37.6 Å². The molecule has 1 aromatic heterocycles. The molecule has 0 amide bonds. The molecule has 96 valence electrons. The maximum absolute atomic E-state index is 5.93. The third-order valence-corrected chi connectivity index (χ3v) is 3.41. The first kappa shape index (κ1) is 12.2. The number of fused-ring (bicyclic) bond motifs is 1. The Bertz CT molecular complexity index is 713. The number of hydrogen-bond acceptors (Lipinski definition) is 2. The average molecular weight is 272 g/mol. The average Bonchev–Trinajstić information content (AvgIpc) is 2.82. The number of hydrogen-bond donors (Lipinski definition) is 0. The van der Waals surface area contributed by atoms with Crippen molar-refractivity contribution in [3.63, 3.8) is 0 Å². The van der Waals surface area contributed by atoms with Crippen LogP contribution in [0.3, 0.4) is 0 Å². The van der Waals surface area contributed by atoms with Crippen LogP contribution in [0.5, 0.6) is 0 Å².